The lowest BCUT2D eigenvalue weighted by molar-refractivity contribution is -0.116. The molecule has 0 saturated heterocycles. The van der Waals surface area contributed by atoms with Gasteiger partial charge in [0.1, 0.15) is 0 Å². The highest BCUT2D eigenvalue weighted by atomic mass is 16.7. The maximum atomic E-state index is 12.1. The molecule has 0 radical (unpaired) electrons. The molecular weight excluding hydrogens is 350 g/mol. The van der Waals surface area contributed by atoms with E-state index in [4.69, 9.17) is 23.7 Å². The van der Waals surface area contributed by atoms with Crippen LogP contribution in [-0.2, 0) is 11.3 Å². The molecule has 142 valence electrons. The van der Waals surface area contributed by atoms with Gasteiger partial charge in [0.2, 0.25) is 18.4 Å². The van der Waals surface area contributed by atoms with Gasteiger partial charge < -0.3 is 29.0 Å². The highest BCUT2D eigenvalue weighted by molar-refractivity contribution is 5.91. The van der Waals surface area contributed by atoms with Crippen molar-refractivity contribution in [3.8, 4) is 28.7 Å². The molecule has 0 bridgehead atoms. The average molecular weight is 371 g/mol. The summed E-state index contributed by atoms with van der Waals surface area (Å²) in [6.07, 6.45) is 3.13. The van der Waals surface area contributed by atoms with Gasteiger partial charge in [-0.1, -0.05) is 6.07 Å². The van der Waals surface area contributed by atoms with Gasteiger partial charge in [0, 0.05) is 12.6 Å². The fourth-order valence-electron chi connectivity index (χ4n) is 2.67. The van der Waals surface area contributed by atoms with Gasteiger partial charge in [-0.15, -0.1) is 0 Å². The van der Waals surface area contributed by atoms with E-state index >= 15 is 0 Å². The number of methoxy groups -OCH3 is 3. The maximum Gasteiger partial charge on any atom is 0.244 e. The minimum Gasteiger partial charge on any atom is -0.493 e. The van der Waals surface area contributed by atoms with Crippen LogP contribution >= 0.6 is 0 Å². The molecule has 1 amide bonds. The van der Waals surface area contributed by atoms with Crippen molar-refractivity contribution in [2.24, 2.45) is 0 Å². The molecule has 7 heteroatoms. The average Bonchev–Trinajstić information content (AvgIpc) is 3.17. The lowest BCUT2D eigenvalue weighted by Gasteiger charge is -2.12. The van der Waals surface area contributed by atoms with E-state index in [9.17, 15) is 4.79 Å². The smallest absolute Gasteiger partial charge is 0.244 e. The van der Waals surface area contributed by atoms with Gasteiger partial charge in [-0.3, -0.25) is 4.79 Å². The molecule has 3 rings (SSSR count). The third-order valence-electron chi connectivity index (χ3n) is 4.02. The molecule has 0 fully saturated rings. The van der Waals surface area contributed by atoms with Crippen molar-refractivity contribution in [2.45, 2.75) is 6.54 Å². The van der Waals surface area contributed by atoms with E-state index in [1.165, 1.54) is 6.08 Å². The summed E-state index contributed by atoms with van der Waals surface area (Å²) < 4.78 is 26.5. The van der Waals surface area contributed by atoms with E-state index in [0.717, 1.165) is 11.1 Å². The van der Waals surface area contributed by atoms with Gasteiger partial charge >= 0.3 is 0 Å². The van der Waals surface area contributed by atoms with Crippen molar-refractivity contribution in [3.63, 3.8) is 0 Å². The van der Waals surface area contributed by atoms with Gasteiger partial charge in [-0.2, -0.15) is 0 Å². The highest BCUT2D eigenvalue weighted by Crippen LogP contribution is 2.38. The van der Waals surface area contributed by atoms with Crippen LogP contribution in [-0.4, -0.2) is 34.0 Å². The largest absolute Gasteiger partial charge is 0.493 e. The first-order chi connectivity index (χ1) is 13.1. The first-order valence-electron chi connectivity index (χ1n) is 8.29. The normalized spacial score (nSPS) is 12.1. The zero-order chi connectivity index (χ0) is 19.2. The van der Waals surface area contributed by atoms with Gasteiger partial charge in [-0.05, 0) is 41.5 Å². The summed E-state index contributed by atoms with van der Waals surface area (Å²) in [6, 6.07) is 9.10. The number of amides is 1. The molecule has 27 heavy (non-hydrogen) atoms. The monoisotopic (exact) mass is 371 g/mol. The SMILES string of the molecule is COc1cc(/C=C\C(=O)NCc2ccc3c(c2)OCO3)cc(OC)c1OC. The van der Waals surface area contributed by atoms with Gasteiger partial charge in [0.15, 0.2) is 23.0 Å². The third kappa shape index (κ3) is 4.25. The van der Waals surface area contributed by atoms with E-state index in [1.807, 2.05) is 18.2 Å². The first-order valence-corrected chi connectivity index (χ1v) is 8.29. The summed E-state index contributed by atoms with van der Waals surface area (Å²) in [4.78, 5) is 12.1. The highest BCUT2D eigenvalue weighted by Gasteiger charge is 2.14. The van der Waals surface area contributed by atoms with Crippen molar-refractivity contribution in [1.82, 2.24) is 5.32 Å². The van der Waals surface area contributed by atoms with Crippen LogP contribution in [0.2, 0.25) is 0 Å². The van der Waals surface area contributed by atoms with Gasteiger partial charge in [0.05, 0.1) is 21.3 Å². The number of carbonyl (C=O) groups is 1. The molecule has 0 atom stereocenters. The number of carbonyl (C=O) groups excluding carboxylic acids is 1. The number of rotatable bonds is 7. The Bertz CT molecular complexity index is 837. The second kappa shape index (κ2) is 8.35. The first kappa shape index (κ1) is 18.4. The van der Waals surface area contributed by atoms with Gasteiger partial charge in [-0.25, -0.2) is 0 Å². The Kier molecular flexibility index (Phi) is 5.71. The molecule has 7 nitrogen and oxygen atoms in total. The Morgan fingerprint density at radius 2 is 1.74 bits per heavy atom. The van der Waals surface area contributed by atoms with E-state index in [1.54, 1.807) is 39.5 Å². The molecule has 0 spiro atoms. The molecule has 2 aromatic carbocycles. The number of benzene rings is 2. The molecule has 1 N–H and O–H groups in total. The molecule has 2 aromatic rings. The summed E-state index contributed by atoms with van der Waals surface area (Å²) >= 11 is 0. The van der Waals surface area contributed by atoms with Crippen LogP contribution in [0.1, 0.15) is 11.1 Å². The van der Waals surface area contributed by atoms with E-state index < -0.39 is 0 Å². The summed E-state index contributed by atoms with van der Waals surface area (Å²) in [6.45, 7) is 0.609. The molecule has 0 unspecified atom stereocenters. The van der Waals surface area contributed by atoms with Crippen LogP contribution < -0.4 is 29.0 Å². The predicted octanol–water partition coefficient (Wildman–Crippen LogP) is 2.77. The van der Waals surface area contributed by atoms with Crippen molar-refractivity contribution < 1.29 is 28.5 Å². The van der Waals surface area contributed by atoms with E-state index in [-0.39, 0.29) is 12.7 Å². The molecule has 1 aliphatic rings. The van der Waals surface area contributed by atoms with Crippen molar-refractivity contribution in [3.05, 3.63) is 47.5 Å². The molecule has 0 aliphatic carbocycles. The van der Waals surface area contributed by atoms with Gasteiger partial charge in [0.25, 0.3) is 0 Å². The minimum absolute atomic E-state index is 0.221. The van der Waals surface area contributed by atoms with Crippen molar-refractivity contribution in [1.29, 1.82) is 0 Å². The number of nitrogens with one attached hydrogen (secondary N) is 1. The molecule has 1 heterocycles. The maximum absolute atomic E-state index is 12.1. The van der Waals surface area contributed by atoms with E-state index in [0.29, 0.717) is 35.3 Å². The fraction of sp³-hybridized carbons (Fsp3) is 0.250. The quantitative estimate of drug-likeness (QED) is 0.755. The minimum atomic E-state index is -0.221. The number of fused-ring (bicyclic) bond motifs is 1. The zero-order valence-electron chi connectivity index (χ0n) is 15.4. The van der Waals surface area contributed by atoms with Crippen LogP contribution in [0, 0.1) is 0 Å². The van der Waals surface area contributed by atoms with Crippen LogP contribution in [0.5, 0.6) is 28.7 Å². The molecule has 0 aromatic heterocycles. The second-order valence-electron chi connectivity index (χ2n) is 5.70. The summed E-state index contributed by atoms with van der Waals surface area (Å²) in [5, 5.41) is 2.83. The Morgan fingerprint density at radius 1 is 1.04 bits per heavy atom. The zero-order valence-corrected chi connectivity index (χ0v) is 15.4. The number of hydrogen-bond acceptors (Lipinski definition) is 6. The van der Waals surface area contributed by atoms with E-state index in [2.05, 4.69) is 5.32 Å². The van der Waals surface area contributed by atoms with Crippen LogP contribution in [0.25, 0.3) is 6.08 Å². The summed E-state index contributed by atoms with van der Waals surface area (Å²) in [5.74, 6) is 2.74. The molecular formula is C20H21NO6. The molecule has 0 saturated carbocycles. The standard InChI is InChI=1S/C20H21NO6/c1-23-17-8-13(9-18(24-2)20(17)25-3)5-7-19(22)21-11-14-4-6-15-16(10-14)27-12-26-15/h4-10H,11-12H2,1-3H3,(H,21,22)/b7-5-. The van der Waals surface area contributed by atoms with Crippen LogP contribution in [0.4, 0.5) is 0 Å². The number of hydrogen-bond donors (Lipinski definition) is 1. The Hall–Kier alpha value is -3.35. The summed E-state index contributed by atoms with van der Waals surface area (Å²) in [5.41, 5.74) is 1.68. The molecule has 1 aliphatic heterocycles. The lowest BCUT2D eigenvalue weighted by Crippen LogP contribution is -2.20. The second-order valence-corrected chi connectivity index (χ2v) is 5.70. The summed E-state index contributed by atoms with van der Waals surface area (Å²) in [7, 11) is 4.63. The Morgan fingerprint density at radius 3 is 2.41 bits per heavy atom. The fourth-order valence-corrected chi connectivity index (χ4v) is 2.67. The topological polar surface area (TPSA) is 75.3 Å². The van der Waals surface area contributed by atoms with Crippen LogP contribution in [0.3, 0.4) is 0 Å². The van der Waals surface area contributed by atoms with Crippen molar-refractivity contribution in [2.75, 3.05) is 28.1 Å². The Balaban J connectivity index is 1.64. The third-order valence-corrected chi connectivity index (χ3v) is 4.02. The Labute approximate surface area is 157 Å². The number of ether oxygens (including phenoxy) is 5. The van der Waals surface area contributed by atoms with Crippen molar-refractivity contribution >= 4 is 12.0 Å². The predicted molar refractivity (Wildman–Crippen MR) is 99.5 cm³/mol. The van der Waals surface area contributed by atoms with Crippen LogP contribution in [0.15, 0.2) is 36.4 Å². The lowest BCUT2D eigenvalue weighted by atomic mass is 10.1.